The first-order valence-corrected chi connectivity index (χ1v) is 11.1. The first-order chi connectivity index (χ1) is 15.3. The van der Waals surface area contributed by atoms with Crippen molar-refractivity contribution in [3.05, 3.63) is 78.1 Å². The van der Waals surface area contributed by atoms with E-state index in [0.717, 1.165) is 50.6 Å². The Morgan fingerprint density at radius 3 is 2.61 bits per heavy atom. The average Bonchev–Trinajstić information content (AvgIpc) is 3.33. The lowest BCUT2D eigenvalue weighted by Gasteiger charge is -2.41. The van der Waals surface area contributed by atoms with Gasteiger partial charge in [-0.3, -0.25) is 9.80 Å². The van der Waals surface area contributed by atoms with E-state index in [1.807, 2.05) is 36.0 Å². The summed E-state index contributed by atoms with van der Waals surface area (Å²) in [7, 11) is 0. The van der Waals surface area contributed by atoms with Crippen molar-refractivity contribution >= 4 is 0 Å². The van der Waals surface area contributed by atoms with Gasteiger partial charge in [0.25, 0.3) is 0 Å². The summed E-state index contributed by atoms with van der Waals surface area (Å²) in [6, 6.07) is 19.2. The summed E-state index contributed by atoms with van der Waals surface area (Å²) in [6.07, 6.45) is 4.53. The Labute approximate surface area is 184 Å². The van der Waals surface area contributed by atoms with Crippen LogP contribution in [0, 0.1) is 0 Å². The molecule has 1 aliphatic rings. The maximum absolute atomic E-state index is 9.66. The van der Waals surface area contributed by atoms with Crippen molar-refractivity contribution < 1.29 is 9.84 Å². The van der Waals surface area contributed by atoms with Crippen LogP contribution >= 0.6 is 0 Å². The number of benzene rings is 2. The van der Waals surface area contributed by atoms with Gasteiger partial charge >= 0.3 is 0 Å². The third-order valence-electron chi connectivity index (χ3n) is 5.91. The molecule has 1 saturated heterocycles. The van der Waals surface area contributed by atoms with E-state index in [9.17, 15) is 5.11 Å². The molecule has 0 aliphatic carbocycles. The van der Waals surface area contributed by atoms with E-state index in [1.54, 1.807) is 6.20 Å². The Hall–Kier alpha value is -2.67. The van der Waals surface area contributed by atoms with Crippen LogP contribution in [0.5, 0.6) is 5.75 Å². The molecule has 1 atom stereocenters. The van der Waals surface area contributed by atoms with Gasteiger partial charge in [0, 0.05) is 63.3 Å². The third kappa shape index (κ3) is 5.53. The number of piperazine rings is 1. The van der Waals surface area contributed by atoms with Crippen molar-refractivity contribution in [3.8, 4) is 11.4 Å². The summed E-state index contributed by atoms with van der Waals surface area (Å²) >= 11 is 0. The predicted molar refractivity (Wildman–Crippen MR) is 122 cm³/mol. The number of rotatable bonds is 9. The second-order valence-electron chi connectivity index (χ2n) is 8.03. The molecule has 2 heterocycles. The van der Waals surface area contributed by atoms with Gasteiger partial charge in [0.05, 0.1) is 12.3 Å². The number of nitrogens with zero attached hydrogens (tertiary/aromatic N) is 4. The van der Waals surface area contributed by atoms with Gasteiger partial charge in [0.15, 0.2) is 0 Å². The standard InChI is InChI=1S/C25H32N4O2/c1-2-31-25-7-4-3-6-22(25)19-28-16-15-27(20-24(28)12-17-30)18-21-8-10-23(11-9-21)29-14-5-13-26-29/h3-11,13-14,24,30H,2,12,15-20H2,1H3. The van der Waals surface area contributed by atoms with E-state index < -0.39 is 0 Å². The summed E-state index contributed by atoms with van der Waals surface area (Å²) in [5.74, 6) is 0.965. The van der Waals surface area contributed by atoms with Crippen LogP contribution in [-0.2, 0) is 13.1 Å². The van der Waals surface area contributed by atoms with Crippen LogP contribution < -0.4 is 4.74 Å². The number of ether oxygens (including phenoxy) is 1. The zero-order valence-electron chi connectivity index (χ0n) is 18.2. The van der Waals surface area contributed by atoms with Crippen molar-refractivity contribution in [3.63, 3.8) is 0 Å². The highest BCUT2D eigenvalue weighted by Gasteiger charge is 2.27. The topological polar surface area (TPSA) is 53.8 Å². The number of hydrogen-bond donors (Lipinski definition) is 1. The molecule has 4 rings (SSSR count). The molecular weight excluding hydrogens is 388 g/mol. The molecule has 3 aromatic rings. The van der Waals surface area contributed by atoms with Gasteiger partial charge in [-0.05, 0) is 43.2 Å². The molecule has 6 heteroatoms. The van der Waals surface area contributed by atoms with E-state index in [1.165, 1.54) is 11.1 Å². The van der Waals surface area contributed by atoms with Gasteiger partial charge in [-0.1, -0.05) is 30.3 Å². The smallest absolute Gasteiger partial charge is 0.123 e. The molecule has 164 valence electrons. The summed E-state index contributed by atoms with van der Waals surface area (Å²) in [6.45, 7) is 7.63. The molecule has 31 heavy (non-hydrogen) atoms. The quantitative estimate of drug-likeness (QED) is 0.575. The maximum Gasteiger partial charge on any atom is 0.123 e. The minimum atomic E-state index is 0.209. The number of aliphatic hydroxyl groups excluding tert-OH is 1. The molecule has 0 bridgehead atoms. The van der Waals surface area contributed by atoms with E-state index >= 15 is 0 Å². The van der Waals surface area contributed by atoms with Crippen LogP contribution in [0.15, 0.2) is 67.0 Å². The molecule has 0 saturated carbocycles. The number of hydrogen-bond acceptors (Lipinski definition) is 5. The zero-order chi connectivity index (χ0) is 21.5. The zero-order valence-corrected chi connectivity index (χ0v) is 18.2. The van der Waals surface area contributed by atoms with E-state index in [2.05, 4.69) is 51.3 Å². The molecule has 0 radical (unpaired) electrons. The molecule has 6 nitrogen and oxygen atoms in total. The molecule has 0 amide bonds. The molecule has 2 aromatic carbocycles. The first-order valence-electron chi connectivity index (χ1n) is 11.1. The molecular formula is C25H32N4O2. The van der Waals surface area contributed by atoms with Gasteiger partial charge in [-0.15, -0.1) is 0 Å². The van der Waals surface area contributed by atoms with E-state index in [0.29, 0.717) is 12.6 Å². The monoisotopic (exact) mass is 420 g/mol. The maximum atomic E-state index is 9.66. The van der Waals surface area contributed by atoms with Crippen LogP contribution in [0.4, 0.5) is 0 Å². The van der Waals surface area contributed by atoms with Gasteiger partial charge in [0.2, 0.25) is 0 Å². The van der Waals surface area contributed by atoms with Crippen molar-refractivity contribution in [1.82, 2.24) is 19.6 Å². The van der Waals surface area contributed by atoms with Crippen molar-refractivity contribution in [1.29, 1.82) is 0 Å². The number of aliphatic hydroxyl groups is 1. The largest absolute Gasteiger partial charge is 0.494 e. The fourth-order valence-electron chi connectivity index (χ4n) is 4.32. The highest BCUT2D eigenvalue weighted by Crippen LogP contribution is 2.24. The van der Waals surface area contributed by atoms with Crippen molar-refractivity contribution in [2.45, 2.75) is 32.5 Å². The Bertz CT molecular complexity index is 927. The third-order valence-corrected chi connectivity index (χ3v) is 5.91. The van der Waals surface area contributed by atoms with Crippen LogP contribution in [0.2, 0.25) is 0 Å². The Morgan fingerprint density at radius 1 is 1.03 bits per heavy atom. The minimum Gasteiger partial charge on any atom is -0.494 e. The van der Waals surface area contributed by atoms with Crippen LogP contribution in [0.1, 0.15) is 24.5 Å². The second kappa shape index (κ2) is 10.6. The Kier molecular flexibility index (Phi) is 7.35. The number of aromatic nitrogens is 2. The highest BCUT2D eigenvalue weighted by molar-refractivity contribution is 5.34. The van der Waals surface area contributed by atoms with E-state index in [4.69, 9.17) is 4.74 Å². The molecule has 0 spiro atoms. The van der Waals surface area contributed by atoms with Crippen LogP contribution in [0.25, 0.3) is 5.69 Å². The van der Waals surface area contributed by atoms with Crippen LogP contribution in [-0.4, -0.2) is 63.6 Å². The van der Waals surface area contributed by atoms with Gasteiger partial charge in [-0.2, -0.15) is 5.10 Å². The molecule has 1 unspecified atom stereocenters. The summed E-state index contributed by atoms with van der Waals surface area (Å²) in [5.41, 5.74) is 3.59. The fraction of sp³-hybridized carbons (Fsp3) is 0.400. The Balaban J connectivity index is 1.39. The van der Waals surface area contributed by atoms with E-state index in [-0.39, 0.29) is 6.61 Å². The van der Waals surface area contributed by atoms with Crippen molar-refractivity contribution in [2.75, 3.05) is 32.8 Å². The van der Waals surface area contributed by atoms with Crippen LogP contribution in [0.3, 0.4) is 0 Å². The van der Waals surface area contributed by atoms with Gasteiger partial charge in [0.1, 0.15) is 5.75 Å². The molecule has 1 fully saturated rings. The van der Waals surface area contributed by atoms with Gasteiger partial charge in [-0.25, -0.2) is 4.68 Å². The summed E-state index contributed by atoms with van der Waals surface area (Å²) < 4.78 is 7.69. The normalized spacial score (nSPS) is 17.7. The number of para-hydroxylation sites is 1. The molecule has 1 N–H and O–H groups in total. The second-order valence-corrected chi connectivity index (χ2v) is 8.03. The summed E-state index contributed by atoms with van der Waals surface area (Å²) in [4.78, 5) is 4.99. The predicted octanol–water partition coefficient (Wildman–Crippen LogP) is 3.34. The minimum absolute atomic E-state index is 0.209. The lowest BCUT2D eigenvalue weighted by Crippen LogP contribution is -2.52. The SMILES string of the molecule is CCOc1ccccc1CN1CCN(Cc2ccc(-n3cccn3)cc2)CC1CCO. The highest BCUT2D eigenvalue weighted by atomic mass is 16.5. The average molecular weight is 421 g/mol. The lowest BCUT2D eigenvalue weighted by atomic mass is 10.1. The fourth-order valence-corrected chi connectivity index (χ4v) is 4.32. The van der Waals surface area contributed by atoms with Crippen molar-refractivity contribution in [2.24, 2.45) is 0 Å². The lowest BCUT2D eigenvalue weighted by molar-refractivity contribution is 0.0494. The van der Waals surface area contributed by atoms with Gasteiger partial charge < -0.3 is 9.84 Å². The Morgan fingerprint density at radius 2 is 1.87 bits per heavy atom. The molecule has 1 aliphatic heterocycles. The summed E-state index contributed by atoms with van der Waals surface area (Å²) in [5, 5.41) is 14.0. The first kappa shape index (κ1) is 21.6. The molecule has 1 aromatic heterocycles.